The van der Waals surface area contributed by atoms with Gasteiger partial charge in [-0.2, -0.15) is 0 Å². The fourth-order valence-corrected chi connectivity index (χ4v) is 1.54. The highest BCUT2D eigenvalue weighted by atomic mass is 79.9. The van der Waals surface area contributed by atoms with Gasteiger partial charge in [0, 0.05) is 5.56 Å². The zero-order valence-electron chi connectivity index (χ0n) is 6.67. The van der Waals surface area contributed by atoms with Crippen LogP contribution >= 0.6 is 15.9 Å². The minimum absolute atomic E-state index is 0.155. The smallest absolute Gasteiger partial charge is 0.338 e. The number of alkyl halides is 2. The van der Waals surface area contributed by atoms with E-state index in [2.05, 4.69) is 20.9 Å². The van der Waals surface area contributed by atoms with Gasteiger partial charge in [-0.3, -0.25) is 0 Å². The lowest BCUT2D eigenvalue weighted by molar-refractivity contribution is 0.0683. The Morgan fingerprint density at radius 2 is 2.21 bits per heavy atom. The number of carboxylic acids is 1. The number of rotatable bonds is 2. The second-order valence-corrected chi connectivity index (χ2v) is 3.16. The number of pyridine rings is 1. The molecular weight excluding hydrogens is 262 g/mol. The first-order valence-corrected chi connectivity index (χ1v) is 4.20. The molecular formula is C7H5BrF2N2O2. The van der Waals surface area contributed by atoms with Crippen LogP contribution in [0.5, 0.6) is 0 Å². The van der Waals surface area contributed by atoms with Crippen molar-refractivity contribution in [2.75, 3.05) is 5.73 Å². The summed E-state index contributed by atoms with van der Waals surface area (Å²) in [5.74, 6) is -1.63. The first-order valence-electron chi connectivity index (χ1n) is 3.41. The molecule has 0 unspecified atom stereocenters. The van der Waals surface area contributed by atoms with Gasteiger partial charge in [0.15, 0.2) is 0 Å². The Bertz CT molecular complexity index is 384. The van der Waals surface area contributed by atoms with E-state index in [4.69, 9.17) is 10.8 Å². The fraction of sp³-hybridized carbons (Fsp3) is 0.143. The molecule has 0 amide bonds. The van der Waals surface area contributed by atoms with Gasteiger partial charge in [0.1, 0.15) is 16.0 Å². The second-order valence-electron chi connectivity index (χ2n) is 2.41. The maximum absolute atomic E-state index is 12.4. The normalized spacial score (nSPS) is 10.6. The number of nitrogen functional groups attached to an aromatic ring is 1. The zero-order valence-corrected chi connectivity index (χ0v) is 8.25. The van der Waals surface area contributed by atoms with E-state index >= 15 is 0 Å². The fourth-order valence-electron chi connectivity index (χ4n) is 0.936. The summed E-state index contributed by atoms with van der Waals surface area (Å²) in [6, 6.07) is 0.846. The number of aromatic carboxylic acids is 1. The molecule has 0 aliphatic heterocycles. The van der Waals surface area contributed by atoms with Crippen LogP contribution in [0.3, 0.4) is 0 Å². The zero-order chi connectivity index (χ0) is 10.9. The minimum Gasteiger partial charge on any atom is -0.478 e. The molecule has 1 heterocycles. The highest BCUT2D eigenvalue weighted by Gasteiger charge is 2.22. The number of aromatic nitrogens is 1. The SMILES string of the molecule is Nc1cc(C(F)F)c(C(=O)O)c(Br)n1. The van der Waals surface area contributed by atoms with Gasteiger partial charge in [-0.15, -0.1) is 0 Å². The van der Waals surface area contributed by atoms with Crippen LogP contribution in [0.2, 0.25) is 0 Å². The molecule has 0 bridgehead atoms. The molecule has 0 saturated heterocycles. The highest BCUT2D eigenvalue weighted by molar-refractivity contribution is 9.10. The Morgan fingerprint density at radius 3 is 2.64 bits per heavy atom. The molecule has 0 spiro atoms. The van der Waals surface area contributed by atoms with Crippen molar-refractivity contribution in [3.05, 3.63) is 21.8 Å². The van der Waals surface area contributed by atoms with Crippen molar-refractivity contribution in [1.82, 2.24) is 4.98 Å². The van der Waals surface area contributed by atoms with Crippen LogP contribution < -0.4 is 5.73 Å². The van der Waals surface area contributed by atoms with E-state index in [0.717, 1.165) is 6.07 Å². The molecule has 0 aliphatic carbocycles. The van der Waals surface area contributed by atoms with Crippen LogP contribution in [0.25, 0.3) is 0 Å². The molecule has 0 saturated carbocycles. The lowest BCUT2D eigenvalue weighted by Crippen LogP contribution is -2.07. The Morgan fingerprint density at radius 1 is 1.64 bits per heavy atom. The summed E-state index contributed by atoms with van der Waals surface area (Å²) in [6.07, 6.45) is -2.90. The molecule has 76 valence electrons. The van der Waals surface area contributed by atoms with E-state index in [0.29, 0.717) is 0 Å². The van der Waals surface area contributed by atoms with Crippen LogP contribution in [-0.2, 0) is 0 Å². The van der Waals surface area contributed by atoms with E-state index < -0.39 is 23.5 Å². The van der Waals surface area contributed by atoms with Crippen molar-refractivity contribution in [2.24, 2.45) is 0 Å². The summed E-state index contributed by atoms with van der Waals surface area (Å²) in [5.41, 5.74) is 4.00. The summed E-state index contributed by atoms with van der Waals surface area (Å²) < 4.78 is 24.6. The standard InChI is InChI=1S/C7H5BrF2N2O2/c8-5-4(7(13)14)2(6(9)10)1-3(11)12-5/h1,6H,(H2,11,12)(H,13,14). The number of halogens is 3. The quantitative estimate of drug-likeness (QED) is 0.804. The molecule has 3 N–H and O–H groups in total. The summed E-state index contributed by atoms with van der Waals surface area (Å²) in [6.45, 7) is 0. The van der Waals surface area contributed by atoms with Crippen LogP contribution in [0, 0.1) is 0 Å². The summed E-state index contributed by atoms with van der Waals surface area (Å²) in [4.78, 5) is 14.1. The molecule has 0 fully saturated rings. The van der Waals surface area contributed by atoms with Crippen LogP contribution in [0.1, 0.15) is 22.3 Å². The van der Waals surface area contributed by atoms with Gasteiger partial charge >= 0.3 is 5.97 Å². The number of nitrogens with two attached hydrogens (primary N) is 1. The number of carboxylic acid groups (broad SMARTS) is 1. The van der Waals surface area contributed by atoms with Crippen molar-refractivity contribution in [1.29, 1.82) is 0 Å². The van der Waals surface area contributed by atoms with Crippen molar-refractivity contribution in [3.63, 3.8) is 0 Å². The number of hydrogen-bond acceptors (Lipinski definition) is 3. The summed E-state index contributed by atoms with van der Waals surface area (Å²) in [5, 5.41) is 8.64. The predicted molar refractivity (Wildman–Crippen MR) is 48.3 cm³/mol. The monoisotopic (exact) mass is 266 g/mol. The first-order chi connectivity index (χ1) is 6.43. The van der Waals surface area contributed by atoms with E-state index in [1.807, 2.05) is 0 Å². The number of nitrogens with zero attached hydrogens (tertiary/aromatic N) is 1. The summed E-state index contributed by atoms with van der Waals surface area (Å²) >= 11 is 2.76. The lowest BCUT2D eigenvalue weighted by Gasteiger charge is -2.07. The van der Waals surface area contributed by atoms with Gasteiger partial charge < -0.3 is 10.8 Å². The number of anilines is 1. The Hall–Kier alpha value is -1.24. The number of hydrogen-bond donors (Lipinski definition) is 2. The van der Waals surface area contributed by atoms with E-state index in [-0.39, 0.29) is 10.4 Å². The average molecular weight is 267 g/mol. The first kappa shape index (κ1) is 10.8. The van der Waals surface area contributed by atoms with Gasteiger partial charge in [0.05, 0.1) is 0 Å². The molecule has 0 radical (unpaired) electrons. The highest BCUT2D eigenvalue weighted by Crippen LogP contribution is 2.28. The van der Waals surface area contributed by atoms with Crippen LogP contribution in [0.15, 0.2) is 10.7 Å². The van der Waals surface area contributed by atoms with Crippen molar-refractivity contribution in [3.8, 4) is 0 Å². The van der Waals surface area contributed by atoms with Crippen molar-refractivity contribution < 1.29 is 18.7 Å². The topological polar surface area (TPSA) is 76.2 Å². The van der Waals surface area contributed by atoms with Gasteiger partial charge in [0.2, 0.25) is 0 Å². The van der Waals surface area contributed by atoms with E-state index in [9.17, 15) is 13.6 Å². The third kappa shape index (κ3) is 1.98. The average Bonchev–Trinajstić information content (AvgIpc) is 2.01. The second kappa shape index (κ2) is 3.87. The maximum Gasteiger partial charge on any atom is 0.338 e. The Labute approximate surface area is 85.9 Å². The van der Waals surface area contributed by atoms with Crippen LogP contribution in [0.4, 0.5) is 14.6 Å². The van der Waals surface area contributed by atoms with E-state index in [1.165, 1.54) is 0 Å². The Balaban J connectivity index is 3.44. The molecule has 1 aromatic heterocycles. The molecule has 0 atom stereocenters. The van der Waals surface area contributed by atoms with Gasteiger partial charge in [-0.05, 0) is 22.0 Å². The van der Waals surface area contributed by atoms with Crippen LogP contribution in [-0.4, -0.2) is 16.1 Å². The third-order valence-electron chi connectivity index (χ3n) is 1.47. The third-order valence-corrected chi connectivity index (χ3v) is 2.05. The molecule has 1 rings (SSSR count). The minimum atomic E-state index is -2.90. The molecule has 0 aromatic carbocycles. The molecule has 0 aliphatic rings. The van der Waals surface area contributed by atoms with Gasteiger partial charge in [0.25, 0.3) is 6.43 Å². The predicted octanol–water partition coefficient (Wildman–Crippen LogP) is 2.06. The Kier molecular flexibility index (Phi) is 3.00. The molecule has 7 heteroatoms. The largest absolute Gasteiger partial charge is 0.478 e. The maximum atomic E-state index is 12.4. The lowest BCUT2D eigenvalue weighted by atomic mass is 10.1. The molecule has 1 aromatic rings. The molecule has 14 heavy (non-hydrogen) atoms. The summed E-state index contributed by atoms with van der Waals surface area (Å²) in [7, 11) is 0. The number of carbonyl (C=O) groups is 1. The van der Waals surface area contributed by atoms with Crippen molar-refractivity contribution >= 4 is 27.7 Å². The van der Waals surface area contributed by atoms with Crippen molar-refractivity contribution in [2.45, 2.75) is 6.43 Å². The van der Waals surface area contributed by atoms with Gasteiger partial charge in [-0.1, -0.05) is 0 Å². The van der Waals surface area contributed by atoms with E-state index in [1.54, 1.807) is 0 Å². The molecule has 4 nitrogen and oxygen atoms in total. The van der Waals surface area contributed by atoms with Gasteiger partial charge in [-0.25, -0.2) is 18.6 Å².